The van der Waals surface area contributed by atoms with Gasteiger partial charge in [-0.3, -0.25) is 0 Å². The molecule has 2 aliphatic heterocycles. The van der Waals surface area contributed by atoms with E-state index in [0.29, 0.717) is 32.0 Å². The lowest BCUT2D eigenvalue weighted by Crippen LogP contribution is -2.52. The normalized spacial score (nSPS) is 23.6. The second-order valence-corrected chi connectivity index (χ2v) is 4.18. The third-order valence-electron chi connectivity index (χ3n) is 3.18. The van der Waals surface area contributed by atoms with Crippen molar-refractivity contribution in [2.45, 2.75) is 6.04 Å². The molecule has 2 fully saturated rings. The molecule has 7 heteroatoms. The summed E-state index contributed by atoms with van der Waals surface area (Å²) >= 11 is 0. The van der Waals surface area contributed by atoms with Crippen molar-refractivity contribution in [2.75, 3.05) is 31.1 Å². The number of halogens is 1. The summed E-state index contributed by atoms with van der Waals surface area (Å²) in [6.07, 6.45) is 1.22. The third-order valence-corrected chi connectivity index (χ3v) is 3.18. The summed E-state index contributed by atoms with van der Waals surface area (Å²) in [7, 11) is 0. The van der Waals surface area contributed by atoms with Gasteiger partial charge < -0.3 is 15.1 Å². The van der Waals surface area contributed by atoms with Gasteiger partial charge in [0.15, 0.2) is 0 Å². The van der Waals surface area contributed by atoms with Gasteiger partial charge in [-0.25, -0.2) is 14.8 Å². The van der Waals surface area contributed by atoms with Gasteiger partial charge in [-0.15, -0.1) is 0 Å². The fourth-order valence-electron chi connectivity index (χ4n) is 2.31. The molecular formula is C10H12FN5O. The van der Waals surface area contributed by atoms with Gasteiger partial charge in [0, 0.05) is 32.2 Å². The lowest BCUT2D eigenvalue weighted by Gasteiger charge is -2.36. The summed E-state index contributed by atoms with van der Waals surface area (Å²) in [5.41, 5.74) is 0. The number of hydrogen-bond donors (Lipinski definition) is 1. The molecule has 1 aromatic rings. The van der Waals surface area contributed by atoms with Crippen molar-refractivity contribution in [2.24, 2.45) is 0 Å². The number of anilines is 1. The van der Waals surface area contributed by atoms with Crippen LogP contribution < -0.4 is 10.2 Å². The van der Waals surface area contributed by atoms with Crippen LogP contribution in [0.4, 0.5) is 15.0 Å². The number of fused-ring (bicyclic) bond motifs is 1. The van der Waals surface area contributed by atoms with Crippen molar-refractivity contribution in [3.05, 3.63) is 18.3 Å². The lowest BCUT2D eigenvalue weighted by atomic mass is 10.2. The molecule has 1 unspecified atom stereocenters. The van der Waals surface area contributed by atoms with Crippen LogP contribution in [-0.2, 0) is 0 Å². The standard InChI is InChI=1S/C10H12FN5O/c11-8-3-9(14-6-13-8)15-1-2-16-7(5-15)4-12-10(16)17/h3,6-7H,1-2,4-5H2,(H,12,17). The first-order valence-electron chi connectivity index (χ1n) is 5.51. The number of hydrogen-bond acceptors (Lipinski definition) is 4. The Bertz CT molecular complexity index is 454. The number of carbonyl (C=O) groups is 1. The Morgan fingerprint density at radius 2 is 2.29 bits per heavy atom. The maximum Gasteiger partial charge on any atom is 0.317 e. The molecule has 3 heterocycles. The van der Waals surface area contributed by atoms with Gasteiger partial charge in [0.2, 0.25) is 5.95 Å². The summed E-state index contributed by atoms with van der Waals surface area (Å²) in [5, 5.41) is 2.80. The second kappa shape index (κ2) is 3.83. The van der Waals surface area contributed by atoms with Crippen LogP contribution in [0.25, 0.3) is 0 Å². The van der Waals surface area contributed by atoms with Gasteiger partial charge in [-0.1, -0.05) is 0 Å². The van der Waals surface area contributed by atoms with Crippen LogP contribution in [0.5, 0.6) is 0 Å². The quantitative estimate of drug-likeness (QED) is 0.689. The Balaban J connectivity index is 1.77. The predicted octanol–water partition coefficient (Wildman–Crippen LogP) is -0.171. The number of amides is 2. The van der Waals surface area contributed by atoms with Crippen LogP contribution in [0.1, 0.15) is 0 Å². The minimum atomic E-state index is -0.530. The van der Waals surface area contributed by atoms with E-state index in [1.807, 2.05) is 9.80 Å². The number of urea groups is 1. The minimum Gasteiger partial charge on any atom is -0.353 e. The van der Waals surface area contributed by atoms with Crippen molar-refractivity contribution in [1.82, 2.24) is 20.2 Å². The topological polar surface area (TPSA) is 61.4 Å². The number of aromatic nitrogens is 2. The number of piperazine rings is 1. The van der Waals surface area contributed by atoms with Crippen molar-refractivity contribution in [3.63, 3.8) is 0 Å². The Labute approximate surface area is 97.4 Å². The largest absolute Gasteiger partial charge is 0.353 e. The zero-order chi connectivity index (χ0) is 11.8. The minimum absolute atomic E-state index is 0.0106. The molecule has 90 valence electrons. The van der Waals surface area contributed by atoms with Gasteiger partial charge in [-0.2, -0.15) is 4.39 Å². The van der Waals surface area contributed by atoms with Crippen molar-refractivity contribution in [3.8, 4) is 0 Å². The molecule has 0 aliphatic carbocycles. The average Bonchev–Trinajstić information content (AvgIpc) is 2.71. The van der Waals surface area contributed by atoms with E-state index < -0.39 is 5.95 Å². The molecule has 0 bridgehead atoms. The number of nitrogens with one attached hydrogen (secondary N) is 1. The van der Waals surface area contributed by atoms with Crippen LogP contribution in [0, 0.1) is 5.95 Å². The SMILES string of the molecule is O=C1NCC2CN(c3cc(F)ncn3)CCN12. The first-order chi connectivity index (χ1) is 8.24. The lowest BCUT2D eigenvalue weighted by molar-refractivity contribution is 0.197. The molecule has 6 nitrogen and oxygen atoms in total. The van der Waals surface area contributed by atoms with E-state index in [0.717, 1.165) is 0 Å². The summed E-state index contributed by atoms with van der Waals surface area (Å²) in [5.74, 6) is 0.0505. The fraction of sp³-hybridized carbons (Fsp3) is 0.500. The third kappa shape index (κ3) is 1.77. The van der Waals surface area contributed by atoms with E-state index in [2.05, 4.69) is 15.3 Å². The molecule has 1 N–H and O–H groups in total. The molecule has 2 aliphatic rings. The summed E-state index contributed by atoms with van der Waals surface area (Å²) in [6, 6.07) is 1.46. The van der Waals surface area contributed by atoms with E-state index in [9.17, 15) is 9.18 Å². The zero-order valence-electron chi connectivity index (χ0n) is 9.14. The molecule has 3 rings (SSSR count). The van der Waals surface area contributed by atoms with Gasteiger partial charge in [0.05, 0.1) is 6.04 Å². The molecule has 0 spiro atoms. The average molecular weight is 237 g/mol. The second-order valence-electron chi connectivity index (χ2n) is 4.18. The molecule has 0 aromatic carbocycles. The van der Waals surface area contributed by atoms with E-state index in [1.165, 1.54) is 12.4 Å². The van der Waals surface area contributed by atoms with Gasteiger partial charge in [0.25, 0.3) is 0 Å². The first-order valence-corrected chi connectivity index (χ1v) is 5.51. The maximum absolute atomic E-state index is 13.0. The monoisotopic (exact) mass is 237 g/mol. The van der Waals surface area contributed by atoms with E-state index in [1.54, 1.807) is 0 Å². The number of rotatable bonds is 1. The molecule has 2 amide bonds. The summed E-state index contributed by atoms with van der Waals surface area (Å²) in [6.45, 7) is 2.63. The highest BCUT2D eigenvalue weighted by Crippen LogP contribution is 2.19. The highest BCUT2D eigenvalue weighted by atomic mass is 19.1. The van der Waals surface area contributed by atoms with Gasteiger partial charge >= 0.3 is 6.03 Å². The van der Waals surface area contributed by atoms with Gasteiger partial charge in [0.1, 0.15) is 12.1 Å². The molecule has 0 saturated carbocycles. The van der Waals surface area contributed by atoms with Crippen LogP contribution in [0.2, 0.25) is 0 Å². The Morgan fingerprint density at radius 1 is 1.41 bits per heavy atom. The highest BCUT2D eigenvalue weighted by Gasteiger charge is 2.35. The predicted molar refractivity (Wildman–Crippen MR) is 58.1 cm³/mol. The molecule has 17 heavy (non-hydrogen) atoms. The summed E-state index contributed by atoms with van der Waals surface area (Å²) in [4.78, 5) is 22.7. The summed E-state index contributed by atoms with van der Waals surface area (Å²) < 4.78 is 13.0. The first kappa shape index (κ1) is 10.2. The molecular weight excluding hydrogens is 225 g/mol. The van der Waals surface area contributed by atoms with Crippen LogP contribution >= 0.6 is 0 Å². The van der Waals surface area contributed by atoms with Crippen LogP contribution in [0.3, 0.4) is 0 Å². The van der Waals surface area contributed by atoms with Crippen molar-refractivity contribution >= 4 is 11.8 Å². The maximum atomic E-state index is 13.0. The van der Waals surface area contributed by atoms with E-state index in [-0.39, 0.29) is 12.1 Å². The van der Waals surface area contributed by atoms with Gasteiger partial charge in [-0.05, 0) is 0 Å². The Morgan fingerprint density at radius 3 is 3.12 bits per heavy atom. The molecule has 1 atom stereocenters. The molecule has 1 aromatic heterocycles. The van der Waals surface area contributed by atoms with Crippen molar-refractivity contribution in [1.29, 1.82) is 0 Å². The van der Waals surface area contributed by atoms with E-state index in [4.69, 9.17) is 0 Å². The molecule has 2 saturated heterocycles. The van der Waals surface area contributed by atoms with Crippen LogP contribution in [-0.4, -0.2) is 53.1 Å². The zero-order valence-corrected chi connectivity index (χ0v) is 9.14. The number of nitrogens with zero attached hydrogens (tertiary/aromatic N) is 4. The number of carbonyl (C=O) groups excluding carboxylic acids is 1. The molecule has 0 radical (unpaired) electrons. The Hall–Kier alpha value is -1.92. The van der Waals surface area contributed by atoms with Crippen molar-refractivity contribution < 1.29 is 9.18 Å². The van der Waals surface area contributed by atoms with E-state index >= 15 is 0 Å². The fourth-order valence-corrected chi connectivity index (χ4v) is 2.31. The smallest absolute Gasteiger partial charge is 0.317 e. The van der Waals surface area contributed by atoms with Crippen LogP contribution in [0.15, 0.2) is 12.4 Å². The highest BCUT2D eigenvalue weighted by molar-refractivity contribution is 5.77. The Kier molecular flexibility index (Phi) is 2.31.